The lowest BCUT2D eigenvalue weighted by Gasteiger charge is -2.34. The highest BCUT2D eigenvalue weighted by Crippen LogP contribution is 2.24. The second kappa shape index (κ2) is 2.71. The monoisotopic (exact) mass is 191 g/mol. The molecule has 0 N–H and O–H groups in total. The average Bonchev–Trinajstić information content (AvgIpc) is 1.81. The quantitative estimate of drug-likeness (QED) is 0.452. The zero-order chi connectivity index (χ0) is 10.2. The largest absolute Gasteiger partial charge is 0.325 e. The topological polar surface area (TPSA) is 57.9 Å². The van der Waals surface area contributed by atoms with Gasteiger partial charge >= 0.3 is 16.2 Å². The smallest absolute Gasteiger partial charge is 0.173 e. The number of sulfonamides is 1. The fourth-order valence-electron chi connectivity index (χ4n) is 0.722. The van der Waals surface area contributed by atoms with E-state index in [1.165, 1.54) is 7.05 Å². The van der Waals surface area contributed by atoms with Gasteiger partial charge in [0.2, 0.25) is 0 Å². The molecule has 5 heteroatoms. The van der Waals surface area contributed by atoms with Crippen molar-refractivity contribution in [2.45, 2.75) is 26.3 Å². The highest BCUT2D eigenvalue weighted by atomic mass is 32.2. The van der Waals surface area contributed by atoms with E-state index in [0.717, 1.165) is 6.26 Å². The van der Waals surface area contributed by atoms with Crippen molar-refractivity contribution < 1.29 is 12.3 Å². The van der Waals surface area contributed by atoms with E-state index in [9.17, 15) is 8.42 Å². The van der Waals surface area contributed by atoms with Crippen LogP contribution in [0.3, 0.4) is 0 Å². The normalized spacial score (nSPS) is 18.0. The number of nitriles is 1. The van der Waals surface area contributed by atoms with E-state index >= 15 is 0 Å². The maximum absolute atomic E-state index is 11.3. The minimum Gasteiger partial charge on any atom is -0.173 e. The number of rotatable bonds is 1. The lowest BCUT2D eigenvalue weighted by molar-refractivity contribution is -0.769. The van der Waals surface area contributed by atoms with Crippen molar-refractivity contribution in [3.8, 4) is 6.19 Å². The maximum atomic E-state index is 11.3. The van der Waals surface area contributed by atoms with Gasteiger partial charge in [-0.25, -0.2) is 0 Å². The third kappa shape index (κ3) is 1.59. The van der Waals surface area contributed by atoms with E-state index < -0.39 is 19.5 Å². The van der Waals surface area contributed by atoms with Gasteiger partial charge in [0, 0.05) is 0 Å². The molecule has 0 saturated heterocycles. The summed E-state index contributed by atoms with van der Waals surface area (Å²) in [7, 11) is -2.00. The van der Waals surface area contributed by atoms with Gasteiger partial charge in [0.1, 0.15) is 5.54 Å². The molecule has 0 aliphatic rings. The minimum absolute atomic E-state index is 0.611. The number of nitrogens with zero attached hydrogens (tertiary/aromatic N) is 2. The summed E-state index contributed by atoms with van der Waals surface area (Å²) < 4.78 is 22.0. The molecule has 1 unspecified atom stereocenters. The van der Waals surface area contributed by atoms with Crippen molar-refractivity contribution in [1.82, 2.24) is 0 Å². The molecular formula is C7H15N2O2S+. The number of hydrogen-bond acceptors (Lipinski definition) is 3. The van der Waals surface area contributed by atoms with Crippen LogP contribution in [0, 0.1) is 11.5 Å². The lowest BCUT2D eigenvalue weighted by atomic mass is 10.1. The molecular weight excluding hydrogens is 176 g/mol. The Balaban J connectivity index is 5.45. The van der Waals surface area contributed by atoms with Gasteiger partial charge in [0.15, 0.2) is 0 Å². The van der Waals surface area contributed by atoms with Crippen molar-refractivity contribution >= 4 is 10.0 Å². The number of hydrogen-bond donors (Lipinski definition) is 0. The third-order valence-corrected chi connectivity index (χ3v) is 4.09. The molecule has 70 valence electrons. The molecule has 0 aliphatic carbocycles. The molecule has 0 rings (SSSR count). The molecule has 0 saturated carbocycles. The summed E-state index contributed by atoms with van der Waals surface area (Å²) in [6, 6.07) is 0. The molecule has 0 fully saturated rings. The first kappa shape index (κ1) is 11.4. The fraction of sp³-hybridized carbons (Fsp3) is 0.857. The van der Waals surface area contributed by atoms with Gasteiger partial charge in [0.05, 0.1) is 13.3 Å². The molecule has 0 aromatic carbocycles. The summed E-state index contributed by atoms with van der Waals surface area (Å²) in [5.41, 5.74) is -0.623. The van der Waals surface area contributed by atoms with E-state index in [4.69, 9.17) is 5.26 Å². The lowest BCUT2D eigenvalue weighted by Crippen LogP contribution is -2.56. The summed E-state index contributed by atoms with van der Waals surface area (Å²) in [6.45, 7) is 5.16. The Morgan fingerprint density at radius 1 is 1.33 bits per heavy atom. The highest BCUT2D eigenvalue weighted by molar-refractivity contribution is 7.85. The number of quaternary nitrogens is 1. The minimum atomic E-state index is -3.40. The first-order chi connectivity index (χ1) is 5.06. The molecule has 1 atom stereocenters. The highest BCUT2D eigenvalue weighted by Gasteiger charge is 2.46. The Morgan fingerprint density at radius 2 is 1.67 bits per heavy atom. The van der Waals surface area contributed by atoms with Crippen LogP contribution < -0.4 is 0 Å². The van der Waals surface area contributed by atoms with Crippen LogP contribution in [0.4, 0.5) is 0 Å². The second-order valence-corrected chi connectivity index (χ2v) is 6.12. The molecule has 0 spiro atoms. The second-order valence-electron chi connectivity index (χ2n) is 3.93. The Kier molecular flexibility index (Phi) is 2.58. The molecule has 4 nitrogen and oxygen atoms in total. The third-order valence-electron chi connectivity index (χ3n) is 2.13. The van der Waals surface area contributed by atoms with E-state index in [-0.39, 0.29) is 0 Å². The van der Waals surface area contributed by atoms with Crippen LogP contribution in [-0.2, 0) is 10.0 Å². The van der Waals surface area contributed by atoms with E-state index in [2.05, 4.69) is 0 Å². The van der Waals surface area contributed by atoms with Gasteiger partial charge in [-0.2, -0.15) is 8.42 Å². The Labute approximate surface area is 74.1 Å². The molecule has 12 heavy (non-hydrogen) atoms. The van der Waals surface area contributed by atoms with Crippen LogP contribution in [0.25, 0.3) is 0 Å². The van der Waals surface area contributed by atoms with Crippen molar-refractivity contribution in [1.29, 1.82) is 5.26 Å². The molecule has 0 heterocycles. The van der Waals surface area contributed by atoms with E-state index in [0.29, 0.717) is 0 Å². The van der Waals surface area contributed by atoms with Crippen LogP contribution in [0.15, 0.2) is 0 Å². The zero-order valence-electron chi connectivity index (χ0n) is 8.12. The van der Waals surface area contributed by atoms with Crippen LogP contribution in [0.5, 0.6) is 0 Å². The first-order valence-electron chi connectivity index (χ1n) is 3.54. The van der Waals surface area contributed by atoms with Crippen LogP contribution >= 0.6 is 0 Å². The molecule has 0 radical (unpaired) electrons. The predicted octanol–water partition coefficient (Wildman–Crippen LogP) is 0.672. The standard InChI is InChI=1S/C7H15N2O2S/c1-7(2,3)9(4,6-8)12(5,10)11/h1-5H3/q+1. The van der Waals surface area contributed by atoms with Crippen LogP contribution in [-0.4, -0.2) is 31.1 Å². The molecule has 0 amide bonds. The molecule has 0 aliphatic heterocycles. The van der Waals surface area contributed by atoms with Crippen molar-refractivity contribution in [3.05, 3.63) is 0 Å². The fourth-order valence-corrected chi connectivity index (χ4v) is 1.86. The first-order valence-corrected chi connectivity index (χ1v) is 5.39. The van der Waals surface area contributed by atoms with Gasteiger partial charge in [0.25, 0.3) is 0 Å². The molecule has 0 aromatic rings. The van der Waals surface area contributed by atoms with Gasteiger partial charge in [-0.3, -0.25) is 0 Å². The van der Waals surface area contributed by atoms with E-state index in [1.807, 2.05) is 6.19 Å². The van der Waals surface area contributed by atoms with Gasteiger partial charge in [-0.05, 0) is 20.8 Å². The van der Waals surface area contributed by atoms with Crippen molar-refractivity contribution in [3.63, 3.8) is 0 Å². The van der Waals surface area contributed by atoms with Gasteiger partial charge < -0.3 is 0 Å². The maximum Gasteiger partial charge on any atom is 0.325 e. The van der Waals surface area contributed by atoms with E-state index in [1.54, 1.807) is 20.8 Å². The average molecular weight is 191 g/mol. The Hall–Kier alpha value is -0.600. The Morgan fingerprint density at radius 3 is 1.67 bits per heavy atom. The van der Waals surface area contributed by atoms with Gasteiger partial charge in [-0.1, -0.05) is 0 Å². The summed E-state index contributed by atoms with van der Waals surface area (Å²) in [5, 5.41) is 8.80. The van der Waals surface area contributed by atoms with Crippen molar-refractivity contribution in [2.75, 3.05) is 13.3 Å². The SMILES string of the molecule is CC(C)(C)[N+](C)(C#N)S(C)(=O)=O. The van der Waals surface area contributed by atoms with Gasteiger partial charge in [-0.15, -0.1) is 9.15 Å². The predicted molar refractivity (Wildman–Crippen MR) is 46.4 cm³/mol. The Bertz CT molecular complexity index is 307. The molecule has 0 bridgehead atoms. The summed E-state index contributed by atoms with van der Waals surface area (Å²) in [4.78, 5) is 0. The summed E-state index contributed by atoms with van der Waals surface area (Å²) in [5.74, 6) is 0. The molecule has 0 aromatic heterocycles. The van der Waals surface area contributed by atoms with Crippen LogP contribution in [0.1, 0.15) is 20.8 Å². The zero-order valence-corrected chi connectivity index (χ0v) is 8.94. The summed E-state index contributed by atoms with van der Waals surface area (Å²) in [6.07, 6.45) is 2.88. The summed E-state index contributed by atoms with van der Waals surface area (Å²) >= 11 is 0. The van der Waals surface area contributed by atoms with Crippen LogP contribution in [0.2, 0.25) is 0 Å². The van der Waals surface area contributed by atoms with Crippen molar-refractivity contribution in [2.24, 2.45) is 0 Å².